The fourth-order valence-corrected chi connectivity index (χ4v) is 1.78. The molecule has 26 heteroatoms. The van der Waals surface area contributed by atoms with Crippen molar-refractivity contribution in [3.8, 4) is 11.8 Å². The van der Waals surface area contributed by atoms with Crippen LogP contribution in [-0.2, 0) is 0 Å². The molecule has 2 rings (SSSR count). The largest absolute Gasteiger partial charge is 0.710 e. The van der Waals surface area contributed by atoms with Crippen molar-refractivity contribution in [2.75, 3.05) is 24.1 Å². The number of nitroso groups, excluding NO2 is 2. The van der Waals surface area contributed by atoms with Gasteiger partial charge in [-0.15, -0.1) is 0 Å². The van der Waals surface area contributed by atoms with Gasteiger partial charge in [0, 0.05) is 0 Å². The van der Waals surface area contributed by atoms with E-state index in [1.807, 2.05) is 0 Å². The van der Waals surface area contributed by atoms with Crippen LogP contribution in [0.4, 0.5) is 11.6 Å². The van der Waals surface area contributed by atoms with E-state index in [0.717, 1.165) is 0 Å². The van der Waals surface area contributed by atoms with E-state index in [0.29, 0.717) is 0 Å². The molecule has 0 bridgehead atoms. The second-order valence-corrected chi connectivity index (χ2v) is 5.24. The van der Waals surface area contributed by atoms with Crippen molar-refractivity contribution < 1.29 is 48.2 Å². The summed E-state index contributed by atoms with van der Waals surface area (Å²) >= 11 is 0. The molecule has 0 amide bonds. The summed E-state index contributed by atoms with van der Waals surface area (Å²) in [5.41, 5.74) is 3.26. The van der Waals surface area contributed by atoms with Crippen LogP contribution >= 0.6 is 0 Å². The Morgan fingerprint density at radius 1 is 0.647 bits per heavy atom. The van der Waals surface area contributed by atoms with Crippen molar-refractivity contribution >= 4 is 11.6 Å². The molecule has 2 aromatic heterocycles. The number of ether oxygens (including phenoxy) is 2. The van der Waals surface area contributed by atoms with Gasteiger partial charge in [0.1, 0.15) is 13.2 Å². The quantitative estimate of drug-likeness (QED) is 0.0867. The summed E-state index contributed by atoms with van der Waals surface area (Å²) in [4.78, 5) is 57.9. The minimum Gasteiger partial charge on any atom is -0.469 e. The summed E-state index contributed by atoms with van der Waals surface area (Å²) in [6.07, 6.45) is -5.85. The monoisotopic (exact) mass is 496 g/mol. The lowest BCUT2D eigenvalue weighted by Gasteiger charge is -2.03. The minimum atomic E-state index is -2.93. The Kier molecular flexibility index (Phi) is 7.61. The fraction of sp³-hybridized carbons (Fsp3) is 0.500. The van der Waals surface area contributed by atoms with Gasteiger partial charge >= 0.3 is 24.3 Å². The highest BCUT2D eigenvalue weighted by atomic mass is 16.7. The summed E-state index contributed by atoms with van der Waals surface area (Å²) in [6.45, 7) is -0.926. The Balaban J connectivity index is 1.92. The molecule has 2 heterocycles. The van der Waals surface area contributed by atoms with Gasteiger partial charge in [-0.2, -0.15) is 0 Å². The Hall–Kier alpha value is -5.72. The maximum atomic E-state index is 11.6. The zero-order valence-electron chi connectivity index (χ0n) is 15.8. The van der Waals surface area contributed by atoms with E-state index in [-0.39, 0.29) is 0 Å². The Morgan fingerprint density at radius 3 is 1.26 bits per heavy atom. The maximum Gasteiger partial charge on any atom is 0.710 e. The van der Waals surface area contributed by atoms with Crippen LogP contribution in [0.1, 0.15) is 0 Å². The van der Waals surface area contributed by atoms with Crippen molar-refractivity contribution in [1.29, 1.82) is 0 Å². The number of nitrogens with one attached hydrogen (secondary N) is 2. The molecule has 0 aromatic carbocycles. The average molecular weight is 496 g/mol. The van der Waals surface area contributed by atoms with E-state index in [4.69, 9.17) is 9.47 Å². The summed E-state index contributed by atoms with van der Waals surface area (Å²) in [5, 5.41) is 55.0. The molecule has 0 aliphatic carbocycles. The van der Waals surface area contributed by atoms with E-state index < -0.39 is 78.6 Å². The number of hydrogen-bond donors (Lipinski definition) is 2. The summed E-state index contributed by atoms with van der Waals surface area (Å²) in [6, 6.07) is 0. The Morgan fingerprint density at radius 2 is 0.971 bits per heavy atom. The first kappa shape index (κ1) is 24.5. The third-order valence-electron chi connectivity index (χ3n) is 3.08. The summed E-state index contributed by atoms with van der Waals surface area (Å²) < 4.78 is 18.5. The topological polar surface area (TPSA) is 333 Å². The van der Waals surface area contributed by atoms with E-state index in [9.17, 15) is 50.3 Å². The number of hydrazine groups is 2. The van der Waals surface area contributed by atoms with Crippen LogP contribution in [0.15, 0.2) is 9.26 Å². The zero-order chi connectivity index (χ0) is 25.4. The van der Waals surface area contributed by atoms with E-state index in [1.165, 1.54) is 0 Å². The first-order chi connectivity index (χ1) is 16.0. The number of hydrogen-bond acceptors (Lipinski definition) is 18. The molecule has 0 saturated carbocycles. The van der Waals surface area contributed by atoms with Gasteiger partial charge in [-0.3, -0.25) is 40.5 Å². The van der Waals surface area contributed by atoms with Crippen molar-refractivity contribution in [3.63, 3.8) is 0 Å². The molecule has 0 unspecified atom stereocenters. The van der Waals surface area contributed by atoms with Crippen molar-refractivity contribution in [3.05, 3.63) is 50.3 Å². The van der Waals surface area contributed by atoms with Gasteiger partial charge in [-0.05, 0) is 20.6 Å². The van der Waals surface area contributed by atoms with Crippen LogP contribution in [0.25, 0.3) is 0 Å². The van der Waals surface area contributed by atoms with Crippen LogP contribution in [0.3, 0.4) is 0 Å². The molecule has 0 fully saturated rings. The second-order valence-electron chi connectivity index (χ2n) is 5.24. The Bertz CT molecular complexity index is 996. The number of rotatable bonds is 15. The highest BCUT2D eigenvalue weighted by Gasteiger charge is 2.52. The highest BCUT2D eigenvalue weighted by molar-refractivity contribution is 5.41. The number of anilines is 2. The van der Waals surface area contributed by atoms with Crippen LogP contribution in [0, 0.1) is 50.3 Å². The van der Waals surface area contributed by atoms with Crippen LogP contribution < -0.4 is 20.3 Å². The number of aromatic nitrogens is 4. The number of nitro groups is 4. The van der Waals surface area contributed by atoms with Gasteiger partial charge in [0.2, 0.25) is 0 Å². The lowest BCUT2D eigenvalue weighted by Crippen LogP contribution is -2.42. The van der Waals surface area contributed by atoms with Gasteiger partial charge in [-0.25, -0.2) is 9.26 Å². The standard InChI is InChI=1S/C8H8N12O14/c21-15(7(17(23)24)18(25)26)9-3-5(13-33-11-3)31-1-2-32-6-4(12-34-14-6)10-16(22)8(19(27)28)20(29)30/h7-8H,1-2H2,(H,9,11,21)(H,10,12,22)/q+2. The molecule has 2 aromatic rings. The van der Waals surface area contributed by atoms with Crippen LogP contribution in [0.2, 0.25) is 0 Å². The van der Waals surface area contributed by atoms with E-state index in [1.54, 1.807) is 10.9 Å². The molecule has 0 atom stereocenters. The van der Waals surface area contributed by atoms with E-state index in [2.05, 4.69) is 29.9 Å². The second kappa shape index (κ2) is 10.5. The molecule has 0 aliphatic rings. The first-order valence-corrected chi connectivity index (χ1v) is 7.93. The third-order valence-corrected chi connectivity index (χ3v) is 3.08. The molecule has 0 radical (unpaired) electrons. The molecule has 2 N–H and O–H groups in total. The van der Waals surface area contributed by atoms with Crippen LogP contribution in [0.5, 0.6) is 11.8 Å². The normalized spacial score (nSPS) is 10.5. The smallest absolute Gasteiger partial charge is 0.469 e. The maximum absolute atomic E-state index is 11.6. The van der Waals surface area contributed by atoms with Gasteiger partial charge in [0.25, 0.3) is 21.4 Å². The molecule has 0 aliphatic heterocycles. The highest BCUT2D eigenvalue weighted by Crippen LogP contribution is 2.21. The van der Waals surface area contributed by atoms with Gasteiger partial charge in [0.15, 0.2) is 19.7 Å². The fourth-order valence-electron chi connectivity index (χ4n) is 1.78. The summed E-state index contributed by atoms with van der Waals surface area (Å²) in [7, 11) is 0. The van der Waals surface area contributed by atoms with Gasteiger partial charge in [-0.1, -0.05) is 10.9 Å². The molecular weight excluding hydrogens is 488 g/mol. The average Bonchev–Trinajstić information content (AvgIpc) is 3.33. The summed E-state index contributed by atoms with van der Waals surface area (Å²) in [5.74, 6) is -2.53. The van der Waals surface area contributed by atoms with Gasteiger partial charge in [0.05, 0.1) is 9.81 Å². The van der Waals surface area contributed by atoms with E-state index >= 15 is 0 Å². The van der Waals surface area contributed by atoms with Crippen molar-refractivity contribution in [1.82, 2.24) is 20.6 Å². The molecule has 0 spiro atoms. The Labute approximate surface area is 180 Å². The van der Waals surface area contributed by atoms with Crippen LogP contribution in [-0.4, -0.2) is 75.9 Å². The van der Waals surface area contributed by atoms with Crippen molar-refractivity contribution in [2.45, 2.75) is 12.6 Å². The predicted molar refractivity (Wildman–Crippen MR) is 89.6 cm³/mol. The van der Waals surface area contributed by atoms with Gasteiger partial charge < -0.3 is 9.47 Å². The lowest BCUT2D eigenvalue weighted by atomic mass is 10.6. The number of nitrogens with zero attached hydrogens (tertiary/aromatic N) is 10. The zero-order valence-corrected chi connectivity index (χ0v) is 15.8. The first-order valence-electron chi connectivity index (χ1n) is 7.93. The minimum absolute atomic E-state index is 0.463. The third kappa shape index (κ3) is 5.92. The molecule has 0 saturated heterocycles. The lowest BCUT2D eigenvalue weighted by molar-refractivity contribution is -0.922. The molecular formula is C8H8N12O14+2. The molecule has 34 heavy (non-hydrogen) atoms. The molecule has 26 nitrogen and oxygen atoms in total. The SMILES string of the molecule is O=[N+]([O-])C([N+](=O)[O-])[N+](=O)Nc1nonc1OCCOc1nonc1N[N+](=O)C([N+](=O)[O-])[N+](=O)[O-]. The van der Waals surface area contributed by atoms with Crippen molar-refractivity contribution in [2.24, 2.45) is 0 Å². The predicted octanol–water partition coefficient (Wildman–Crippen LogP) is -2.20. The molecule has 182 valence electrons.